The number of hydrogen-bond donors (Lipinski definition) is 25. The standard InChI is InChI=1S/C63H97N19O26.C2H4O2/c1-29(2)19-37(57(102)73-32(6)53(98)76-35(15-17-48(91)92)55(100)70-24-43(85)68-23-42(84)69-25-46(88)82-51(30(3)4)61(106)77-36(62(107)108)13-10-18-67-63(65)66)79-58(103)38(20-33-11-8-7-9-12-33)80-59(104)39(21-49(93)94)75-45(87)27-71-54(99)34(14-16-47(89)90)74-44(86)26-72-56(101)41(28-83)81-60(105)40(22-50(95)96)78-52(97)31(5)64;1-2(3)4/h7-9,11-12,29-32,34-41,51,83H,10,13-28,64H2,1-6H3,(H,68,85)(H,69,84)(H,70,100)(H,71,99)(H,72,101)(H,73,102)(H,74,86)(H,75,87)(H,76,98)(H,77,106)(H,78,97)(H,79,103)(H,80,104)(H,81,105)(H,82,88)(H,89,90)(H,91,92)(H,93,94)(H,95,96)(H,107,108)(H4,65,66,67);1H3,(H,3,4)/t31-,32-,34-,35-,36-,37?,38-,39-,40-,41-,51-;/m0./s1. The Hall–Kier alpha value is -12.7. The van der Waals surface area contributed by atoms with Crippen LogP contribution < -0.4 is 97.0 Å². The molecule has 1 aromatic rings. The molecule has 0 aliphatic carbocycles. The fourth-order valence-electron chi connectivity index (χ4n) is 9.22. The monoisotopic (exact) mass is 1600 g/mol. The highest BCUT2D eigenvalue weighted by molar-refractivity contribution is 6.00. The molecule has 0 aliphatic rings. The van der Waals surface area contributed by atoms with Gasteiger partial charge >= 0.3 is 29.8 Å². The van der Waals surface area contributed by atoms with Crippen LogP contribution in [0, 0.1) is 11.8 Å². The van der Waals surface area contributed by atoms with Gasteiger partial charge in [-0.25, -0.2) is 4.79 Å². The number of hydrogen-bond acceptors (Lipinski definition) is 24. The fraction of sp³-hybridized carbons (Fsp3) is 0.569. The Balaban J connectivity index is 0.0000300. The molecule has 47 nitrogen and oxygen atoms in total. The first kappa shape index (κ1) is 99.3. The average Bonchev–Trinajstić information content (AvgIpc) is 0.837. The van der Waals surface area contributed by atoms with Crippen molar-refractivity contribution in [3.05, 3.63) is 35.9 Å². The molecule has 47 heteroatoms. The van der Waals surface area contributed by atoms with Crippen molar-refractivity contribution >= 4 is 130 Å². The third-order valence-corrected chi connectivity index (χ3v) is 14.8. The number of nitrogens with one attached hydrogen (secondary N) is 15. The number of guanidine groups is 1. The summed E-state index contributed by atoms with van der Waals surface area (Å²) >= 11 is 0. The van der Waals surface area contributed by atoms with E-state index in [0.717, 1.165) is 13.8 Å². The molecule has 0 heterocycles. The van der Waals surface area contributed by atoms with Gasteiger partial charge in [-0.05, 0) is 63.4 Å². The molecular weight excluding hydrogens is 1490 g/mol. The number of rotatable bonds is 51. The number of amides is 15. The SMILES string of the molecule is CC(=O)O.CC(C)CC(NC(=O)[C@H](Cc1ccccc1)NC(=O)[C@H](CC(=O)O)NC(=O)CNC(=O)[C@H](CCC(=O)O)NC(=O)CNC(=O)[C@H](CO)NC(=O)[C@H](CC(=O)O)NC(=O)[C@H](C)N)C(=O)N[C@@H](C)C(=O)N[C@@H](CCC(=O)O)C(=O)NCC(=O)NCC(=O)NCC(=O)N[C@H](C(=O)N[C@@H](CCCN=C(N)N)C(=O)O)C(C)C. The Morgan fingerprint density at radius 1 is 0.402 bits per heavy atom. The van der Waals surface area contributed by atoms with Gasteiger partial charge < -0.3 is 133 Å². The Morgan fingerprint density at radius 2 is 0.786 bits per heavy atom. The van der Waals surface area contributed by atoms with Crippen LogP contribution in [-0.2, 0) is 107 Å². The maximum absolute atomic E-state index is 14.3. The van der Waals surface area contributed by atoms with Gasteiger partial charge in [0.05, 0.1) is 58.2 Å². The molecule has 0 fully saturated rings. The molecule has 0 aromatic heterocycles. The molecule has 0 bridgehead atoms. The minimum absolute atomic E-state index is 0.0559. The number of nitrogens with zero attached hydrogens (tertiary/aromatic N) is 1. The molecule has 0 aliphatic heterocycles. The topological polar surface area (TPSA) is 771 Å². The van der Waals surface area contributed by atoms with Crippen LogP contribution in [0.25, 0.3) is 0 Å². The molecule has 28 N–H and O–H groups in total. The van der Waals surface area contributed by atoms with Crippen molar-refractivity contribution in [2.24, 2.45) is 34.0 Å². The lowest BCUT2D eigenvalue weighted by atomic mass is 10.0. The maximum Gasteiger partial charge on any atom is 0.326 e. The van der Waals surface area contributed by atoms with Crippen LogP contribution in [0.1, 0.15) is 112 Å². The van der Waals surface area contributed by atoms with E-state index in [1.54, 1.807) is 45.9 Å². The summed E-state index contributed by atoms with van der Waals surface area (Å²) in [4.78, 5) is 269. The summed E-state index contributed by atoms with van der Waals surface area (Å²) in [6.07, 6.45) is -5.18. The van der Waals surface area contributed by atoms with Crippen molar-refractivity contribution in [3.63, 3.8) is 0 Å². The predicted molar refractivity (Wildman–Crippen MR) is 384 cm³/mol. The average molecular weight is 1600 g/mol. The Labute approximate surface area is 639 Å². The highest BCUT2D eigenvalue weighted by Gasteiger charge is 2.36. The lowest BCUT2D eigenvalue weighted by Gasteiger charge is -2.27. The van der Waals surface area contributed by atoms with Gasteiger partial charge in [0.1, 0.15) is 60.4 Å². The normalized spacial score (nSPS) is 13.6. The van der Waals surface area contributed by atoms with E-state index in [-0.39, 0.29) is 44.1 Å². The third-order valence-electron chi connectivity index (χ3n) is 14.8. The molecule has 112 heavy (non-hydrogen) atoms. The van der Waals surface area contributed by atoms with E-state index in [9.17, 15) is 127 Å². The number of benzene rings is 1. The molecule has 1 rings (SSSR count). The maximum atomic E-state index is 14.3. The van der Waals surface area contributed by atoms with E-state index in [2.05, 4.69) is 74.1 Å². The summed E-state index contributed by atoms with van der Waals surface area (Å²) in [7, 11) is 0. The Kier molecular flexibility index (Phi) is 46.4. The van der Waals surface area contributed by atoms with Crippen LogP contribution in [0.4, 0.5) is 0 Å². The molecule has 0 radical (unpaired) electrons. The second-order valence-corrected chi connectivity index (χ2v) is 25.5. The van der Waals surface area contributed by atoms with Gasteiger partial charge in [-0.3, -0.25) is 101 Å². The van der Waals surface area contributed by atoms with Gasteiger partial charge in [0.25, 0.3) is 5.97 Å². The number of aliphatic hydroxyl groups excluding tert-OH is 1. The van der Waals surface area contributed by atoms with Crippen molar-refractivity contribution in [2.45, 2.75) is 179 Å². The first-order valence-electron chi connectivity index (χ1n) is 34.4. The van der Waals surface area contributed by atoms with E-state index in [0.29, 0.717) is 5.56 Å². The van der Waals surface area contributed by atoms with Crippen LogP contribution in [0.5, 0.6) is 0 Å². The van der Waals surface area contributed by atoms with E-state index in [4.69, 9.17) is 27.1 Å². The number of carboxylic acids is 6. The number of nitrogens with two attached hydrogens (primary N) is 3. The Bertz CT molecular complexity index is 3520. The predicted octanol–water partition coefficient (Wildman–Crippen LogP) is -10.4. The molecule has 0 saturated carbocycles. The van der Waals surface area contributed by atoms with Crippen molar-refractivity contribution in [2.75, 3.05) is 45.9 Å². The van der Waals surface area contributed by atoms with E-state index in [1.165, 1.54) is 19.1 Å². The molecule has 1 aromatic carbocycles. The van der Waals surface area contributed by atoms with Crippen LogP contribution in [0.3, 0.4) is 0 Å². The summed E-state index contributed by atoms with van der Waals surface area (Å²) in [5, 5.41) is 97.8. The second-order valence-electron chi connectivity index (χ2n) is 25.5. The van der Waals surface area contributed by atoms with E-state index in [1.807, 2.05) is 10.6 Å². The molecule has 624 valence electrons. The molecule has 0 spiro atoms. The van der Waals surface area contributed by atoms with Gasteiger partial charge in [0, 0.05) is 32.7 Å². The van der Waals surface area contributed by atoms with Gasteiger partial charge in [0.2, 0.25) is 88.6 Å². The van der Waals surface area contributed by atoms with Gasteiger partial charge in [0.15, 0.2) is 5.96 Å². The zero-order valence-corrected chi connectivity index (χ0v) is 62.3. The van der Waals surface area contributed by atoms with E-state index >= 15 is 0 Å². The van der Waals surface area contributed by atoms with Crippen molar-refractivity contribution in [3.8, 4) is 0 Å². The van der Waals surface area contributed by atoms with Gasteiger partial charge in [-0.1, -0.05) is 58.0 Å². The second kappa shape index (κ2) is 52.4. The number of carboxylic acid groups (broad SMARTS) is 6. The minimum atomic E-state index is -2.02. The number of carbonyl (C=O) groups is 21. The summed E-state index contributed by atoms with van der Waals surface area (Å²) in [5.41, 5.74) is 16.4. The highest BCUT2D eigenvalue weighted by Crippen LogP contribution is 2.12. The largest absolute Gasteiger partial charge is 0.481 e. The van der Waals surface area contributed by atoms with Gasteiger partial charge in [-0.15, -0.1) is 0 Å². The zero-order chi connectivity index (χ0) is 85.7. The molecule has 1 unspecified atom stereocenters. The van der Waals surface area contributed by atoms with Crippen molar-refractivity contribution in [1.82, 2.24) is 79.8 Å². The summed E-state index contributed by atoms with van der Waals surface area (Å²) in [6, 6.07) is -9.82. The number of aliphatic hydroxyl groups is 1. The highest BCUT2D eigenvalue weighted by atomic mass is 16.4. The first-order valence-corrected chi connectivity index (χ1v) is 34.4. The zero-order valence-electron chi connectivity index (χ0n) is 62.3. The number of carbonyl (C=O) groups excluding carboxylic acids is 15. The minimum Gasteiger partial charge on any atom is -0.481 e. The molecule has 15 amide bonds. The van der Waals surface area contributed by atoms with Crippen LogP contribution >= 0.6 is 0 Å². The summed E-state index contributed by atoms with van der Waals surface area (Å²) in [6.45, 7) is 4.43. The lowest BCUT2D eigenvalue weighted by Crippen LogP contribution is -2.59. The van der Waals surface area contributed by atoms with Crippen molar-refractivity contribution < 1.29 is 136 Å². The van der Waals surface area contributed by atoms with Crippen LogP contribution in [0.15, 0.2) is 35.3 Å². The van der Waals surface area contributed by atoms with Crippen molar-refractivity contribution in [1.29, 1.82) is 0 Å². The summed E-state index contributed by atoms with van der Waals surface area (Å²) < 4.78 is 0. The third kappa shape index (κ3) is 43.9. The smallest absolute Gasteiger partial charge is 0.326 e. The lowest BCUT2D eigenvalue weighted by molar-refractivity contribution is -0.143. The van der Waals surface area contributed by atoms with Crippen LogP contribution in [0.2, 0.25) is 0 Å². The fourth-order valence-corrected chi connectivity index (χ4v) is 9.22. The molecule has 0 saturated heterocycles. The summed E-state index contributed by atoms with van der Waals surface area (Å²) in [5.74, 6) is -25.8. The van der Waals surface area contributed by atoms with Gasteiger partial charge in [-0.2, -0.15) is 0 Å². The number of aliphatic carboxylic acids is 6. The first-order chi connectivity index (χ1) is 52.3. The molecular formula is C65H101N19O28. The quantitative estimate of drug-likeness (QED) is 0.0164. The van der Waals surface area contributed by atoms with E-state index < -0.39 is 275 Å². The molecule has 11 atom stereocenters. The Morgan fingerprint density at radius 3 is 1.23 bits per heavy atom. The number of aliphatic imine (C=N–C) groups is 1. The van der Waals surface area contributed by atoms with Crippen LogP contribution in [-0.4, -0.2) is 278 Å².